The molecule has 0 saturated heterocycles. The van der Waals surface area contributed by atoms with Gasteiger partial charge in [-0.1, -0.05) is 0 Å². The van der Waals surface area contributed by atoms with Crippen LogP contribution < -0.4 is 20.7 Å². The molecule has 0 fully saturated rings. The number of fused-ring (bicyclic) bond motifs is 2. The van der Waals surface area contributed by atoms with Crippen LogP contribution in [-0.4, -0.2) is 41.5 Å². The van der Waals surface area contributed by atoms with Crippen LogP contribution in [0.1, 0.15) is 13.3 Å². The Bertz CT molecular complexity index is 1190. The summed E-state index contributed by atoms with van der Waals surface area (Å²) in [5, 5.41) is 11.6. The summed E-state index contributed by atoms with van der Waals surface area (Å²) in [5.41, 5.74) is 2.38. The van der Waals surface area contributed by atoms with Crippen LogP contribution in [0.25, 0.3) is 21.9 Å². The number of hydrogen-bond acceptors (Lipinski definition) is 10. The van der Waals surface area contributed by atoms with E-state index in [1.807, 2.05) is 30.3 Å². The molecule has 0 aliphatic heterocycles. The molecule has 10 nitrogen and oxygen atoms in total. The summed E-state index contributed by atoms with van der Waals surface area (Å²) >= 11 is 0. The first kappa shape index (κ1) is 22.8. The average molecular weight is 440 g/mol. The van der Waals surface area contributed by atoms with E-state index >= 15 is 0 Å². The predicted molar refractivity (Wildman–Crippen MR) is 118 cm³/mol. The number of nitrogens with one attached hydrogen (secondary N) is 1. The number of methoxy groups -OCH3 is 1. The molecule has 0 unspecified atom stereocenters. The van der Waals surface area contributed by atoms with Crippen molar-refractivity contribution in [2.24, 2.45) is 5.90 Å². The number of nitrogens with two attached hydrogens (primary N) is 1. The largest absolute Gasteiger partial charge is 0.493 e. The molecule has 10 heteroatoms. The van der Waals surface area contributed by atoms with Gasteiger partial charge in [-0.05, 0) is 37.3 Å². The highest BCUT2D eigenvalue weighted by Crippen LogP contribution is 2.35. The number of carbonyl (C=O) groups is 1. The van der Waals surface area contributed by atoms with Gasteiger partial charge < -0.3 is 29.2 Å². The Morgan fingerprint density at radius 3 is 2.78 bits per heavy atom. The van der Waals surface area contributed by atoms with E-state index in [1.54, 1.807) is 26.4 Å². The van der Waals surface area contributed by atoms with Crippen LogP contribution in [0.2, 0.25) is 0 Å². The number of nitrogens with zero attached hydrogens (tertiary/aromatic N) is 2. The van der Waals surface area contributed by atoms with E-state index in [0.717, 1.165) is 22.0 Å². The number of ether oxygens (including phenoxy) is 3. The predicted octanol–water partition coefficient (Wildman–Crippen LogP) is 3.79. The van der Waals surface area contributed by atoms with Gasteiger partial charge in [0.2, 0.25) is 0 Å². The van der Waals surface area contributed by atoms with Crippen molar-refractivity contribution in [3.8, 4) is 11.5 Å². The van der Waals surface area contributed by atoms with Crippen LogP contribution >= 0.6 is 0 Å². The van der Waals surface area contributed by atoms with Crippen molar-refractivity contribution in [2.75, 3.05) is 25.6 Å². The van der Waals surface area contributed by atoms with Crippen LogP contribution in [-0.2, 0) is 9.53 Å². The third-order valence-corrected chi connectivity index (χ3v) is 4.50. The Morgan fingerprint density at radius 1 is 1.16 bits per heavy atom. The van der Waals surface area contributed by atoms with Crippen LogP contribution in [0.5, 0.6) is 11.5 Å². The van der Waals surface area contributed by atoms with Crippen molar-refractivity contribution < 1.29 is 28.6 Å². The molecule has 32 heavy (non-hydrogen) atoms. The molecule has 0 radical (unpaired) electrons. The molecule has 0 atom stereocenters. The maximum atomic E-state index is 11.5. The SMILES string of the molecule is CCOC(=O)CCOc1cc2ncnc(Nc3ccc4occc4c3)c2cc1OC.NO. The first-order valence-corrected chi connectivity index (χ1v) is 9.79. The second-order valence-corrected chi connectivity index (χ2v) is 6.44. The molecule has 0 spiro atoms. The Kier molecular flexibility index (Phi) is 7.79. The van der Waals surface area contributed by atoms with Crippen molar-refractivity contribution >= 4 is 39.3 Å². The summed E-state index contributed by atoms with van der Waals surface area (Å²) in [6.07, 6.45) is 3.29. The third-order valence-electron chi connectivity index (χ3n) is 4.50. The van der Waals surface area contributed by atoms with Crippen molar-refractivity contribution in [1.29, 1.82) is 0 Å². The van der Waals surface area contributed by atoms with E-state index in [1.165, 1.54) is 6.33 Å². The smallest absolute Gasteiger partial charge is 0.309 e. The monoisotopic (exact) mass is 440 g/mol. The van der Waals surface area contributed by atoms with Gasteiger partial charge in [0, 0.05) is 22.5 Å². The average Bonchev–Trinajstić information content (AvgIpc) is 3.28. The zero-order chi connectivity index (χ0) is 22.9. The summed E-state index contributed by atoms with van der Waals surface area (Å²) < 4.78 is 21.5. The minimum atomic E-state index is -0.305. The molecule has 0 aliphatic carbocycles. The van der Waals surface area contributed by atoms with Crippen LogP contribution in [0.15, 0.2) is 53.4 Å². The maximum absolute atomic E-state index is 11.5. The van der Waals surface area contributed by atoms with E-state index in [9.17, 15) is 4.79 Å². The molecule has 0 saturated carbocycles. The van der Waals surface area contributed by atoms with Gasteiger partial charge >= 0.3 is 5.97 Å². The van der Waals surface area contributed by atoms with Gasteiger partial charge in [-0.2, -0.15) is 0 Å². The zero-order valence-electron chi connectivity index (χ0n) is 17.7. The molecule has 4 N–H and O–H groups in total. The molecule has 2 heterocycles. The summed E-state index contributed by atoms with van der Waals surface area (Å²) in [5.74, 6) is 4.85. The molecule has 0 amide bonds. The lowest BCUT2D eigenvalue weighted by molar-refractivity contribution is -0.143. The molecule has 2 aromatic heterocycles. The number of aromatic nitrogens is 2. The number of anilines is 2. The number of carbonyl (C=O) groups excluding carboxylic acids is 1. The highest BCUT2D eigenvalue weighted by molar-refractivity contribution is 5.93. The fourth-order valence-electron chi connectivity index (χ4n) is 3.09. The standard InChI is InChI=1S/C22H21N3O5.H3NO/c1-3-28-21(26)7-9-30-20-12-17-16(11-19(20)27-2)22(24-13-23-17)25-15-4-5-18-14(10-15)6-8-29-18;1-2/h4-6,8,10-13H,3,7,9H2,1-2H3,(H,23,24,25);2H,1H2. The molecular weight excluding hydrogens is 416 g/mol. The number of esters is 1. The van der Waals surface area contributed by atoms with E-state index in [-0.39, 0.29) is 19.0 Å². The topological polar surface area (TPSA) is 142 Å². The number of rotatable bonds is 8. The van der Waals surface area contributed by atoms with Crippen LogP contribution in [0, 0.1) is 0 Å². The van der Waals surface area contributed by atoms with Gasteiger partial charge in [0.25, 0.3) is 0 Å². The van der Waals surface area contributed by atoms with E-state index in [0.29, 0.717) is 29.4 Å². The number of furan rings is 1. The molecule has 4 rings (SSSR count). The second kappa shape index (κ2) is 10.9. The number of hydrogen-bond donors (Lipinski definition) is 3. The minimum absolute atomic E-state index is 0.155. The van der Waals surface area contributed by atoms with Crippen molar-refractivity contribution in [1.82, 2.24) is 9.97 Å². The van der Waals surface area contributed by atoms with E-state index in [2.05, 4.69) is 21.2 Å². The van der Waals surface area contributed by atoms with Crippen molar-refractivity contribution in [3.05, 3.63) is 49.0 Å². The quantitative estimate of drug-likeness (QED) is 0.273. The van der Waals surface area contributed by atoms with Crippen molar-refractivity contribution in [3.63, 3.8) is 0 Å². The van der Waals surface area contributed by atoms with Gasteiger partial charge in [0.05, 0.1) is 38.5 Å². The lowest BCUT2D eigenvalue weighted by atomic mass is 10.2. The summed E-state index contributed by atoms with van der Waals surface area (Å²) in [6, 6.07) is 11.3. The first-order chi connectivity index (χ1) is 15.7. The van der Waals surface area contributed by atoms with E-state index in [4.69, 9.17) is 23.8 Å². The van der Waals surface area contributed by atoms with Gasteiger partial charge in [0.15, 0.2) is 11.5 Å². The molecule has 0 aliphatic rings. The van der Waals surface area contributed by atoms with E-state index < -0.39 is 0 Å². The molecule has 4 aromatic rings. The summed E-state index contributed by atoms with van der Waals surface area (Å²) in [7, 11) is 1.56. The fourth-order valence-corrected chi connectivity index (χ4v) is 3.09. The summed E-state index contributed by atoms with van der Waals surface area (Å²) in [4.78, 5) is 20.2. The Balaban J connectivity index is 0.00000141. The second-order valence-electron chi connectivity index (χ2n) is 6.44. The summed E-state index contributed by atoms with van der Waals surface area (Å²) in [6.45, 7) is 2.30. The number of benzene rings is 2. The third kappa shape index (κ3) is 5.23. The Morgan fingerprint density at radius 2 is 2.00 bits per heavy atom. The van der Waals surface area contributed by atoms with Gasteiger partial charge in [-0.3, -0.25) is 4.79 Å². The normalized spacial score (nSPS) is 10.4. The Labute approximate surface area is 183 Å². The van der Waals surface area contributed by atoms with Crippen LogP contribution in [0.4, 0.5) is 11.5 Å². The molecule has 2 aromatic carbocycles. The molecular formula is C22H24N4O6. The van der Waals surface area contributed by atoms with Gasteiger partial charge in [-0.25, -0.2) is 15.9 Å². The van der Waals surface area contributed by atoms with Gasteiger partial charge in [-0.15, -0.1) is 0 Å². The lowest BCUT2D eigenvalue weighted by Gasteiger charge is -2.13. The van der Waals surface area contributed by atoms with Crippen molar-refractivity contribution in [2.45, 2.75) is 13.3 Å². The fraction of sp³-hybridized carbons (Fsp3) is 0.227. The zero-order valence-corrected chi connectivity index (χ0v) is 17.7. The van der Waals surface area contributed by atoms with Crippen LogP contribution in [0.3, 0.4) is 0 Å². The first-order valence-electron chi connectivity index (χ1n) is 9.79. The van der Waals surface area contributed by atoms with Gasteiger partial charge in [0.1, 0.15) is 17.7 Å². The maximum Gasteiger partial charge on any atom is 0.309 e. The molecule has 0 bridgehead atoms. The minimum Gasteiger partial charge on any atom is -0.493 e. The highest BCUT2D eigenvalue weighted by Gasteiger charge is 2.13. The Hall–Kier alpha value is -3.89. The highest BCUT2D eigenvalue weighted by atomic mass is 16.5. The molecule has 168 valence electrons. The lowest BCUT2D eigenvalue weighted by Crippen LogP contribution is -2.10.